The van der Waals surface area contributed by atoms with Crippen LogP contribution < -0.4 is 0 Å². The van der Waals surface area contributed by atoms with E-state index in [-0.39, 0.29) is 11.0 Å². The minimum atomic E-state index is -0.0636. The van der Waals surface area contributed by atoms with Gasteiger partial charge in [0, 0.05) is 13.7 Å². The van der Waals surface area contributed by atoms with E-state index in [4.69, 9.17) is 9.47 Å². The van der Waals surface area contributed by atoms with Gasteiger partial charge in [-0.1, -0.05) is 20.8 Å². The van der Waals surface area contributed by atoms with Gasteiger partial charge in [0.15, 0.2) is 0 Å². The Morgan fingerprint density at radius 3 is 2.12 bits per heavy atom. The van der Waals surface area contributed by atoms with Crippen LogP contribution in [0, 0.1) is 5.41 Å². The molecule has 0 saturated carbocycles. The molecule has 1 atom stereocenters. The number of ether oxygens (including phenoxy) is 2. The van der Waals surface area contributed by atoms with Crippen molar-refractivity contribution >= 4 is 0 Å². The second kappa shape index (κ2) is 5.03. The maximum absolute atomic E-state index is 5.73. The molecule has 16 heavy (non-hydrogen) atoms. The summed E-state index contributed by atoms with van der Waals surface area (Å²) in [6.45, 7) is 11.8. The highest BCUT2D eigenvalue weighted by Crippen LogP contribution is 2.36. The van der Waals surface area contributed by atoms with E-state index in [1.165, 1.54) is 0 Å². The predicted octanol–water partition coefficient (Wildman–Crippen LogP) is 2.16. The quantitative estimate of drug-likeness (QED) is 0.721. The van der Waals surface area contributed by atoms with E-state index in [0.717, 1.165) is 26.2 Å². The Balaban J connectivity index is 2.44. The molecule has 0 N–H and O–H groups in total. The SMILES string of the molecule is COC(C)(CCN(C)C1COC1)C(C)(C)C. The smallest absolute Gasteiger partial charge is 0.0710 e. The molecule has 0 spiro atoms. The zero-order valence-corrected chi connectivity index (χ0v) is 11.7. The van der Waals surface area contributed by atoms with Crippen molar-refractivity contribution in [3.05, 3.63) is 0 Å². The fourth-order valence-electron chi connectivity index (χ4n) is 1.83. The third-order valence-electron chi connectivity index (χ3n) is 4.22. The maximum atomic E-state index is 5.73. The Kier molecular flexibility index (Phi) is 4.38. The fourth-order valence-corrected chi connectivity index (χ4v) is 1.83. The monoisotopic (exact) mass is 229 g/mol. The standard InChI is InChI=1S/C13H27NO2/c1-12(2,3)13(4,15-6)7-8-14(5)11-9-16-10-11/h11H,7-10H2,1-6H3. The van der Waals surface area contributed by atoms with Gasteiger partial charge in [0.1, 0.15) is 0 Å². The molecule has 1 aliphatic rings. The van der Waals surface area contributed by atoms with E-state index in [2.05, 4.69) is 39.6 Å². The predicted molar refractivity (Wildman–Crippen MR) is 66.7 cm³/mol. The molecule has 0 aliphatic carbocycles. The van der Waals surface area contributed by atoms with Crippen LogP contribution in [0.2, 0.25) is 0 Å². The highest BCUT2D eigenvalue weighted by molar-refractivity contribution is 4.89. The maximum Gasteiger partial charge on any atom is 0.0710 e. The van der Waals surface area contributed by atoms with E-state index in [0.29, 0.717) is 6.04 Å². The van der Waals surface area contributed by atoms with Crippen molar-refractivity contribution in [3.8, 4) is 0 Å². The minimum absolute atomic E-state index is 0.0636. The van der Waals surface area contributed by atoms with E-state index in [1.54, 1.807) is 0 Å². The molecule has 1 heterocycles. The summed E-state index contributed by atoms with van der Waals surface area (Å²) in [6.07, 6.45) is 1.06. The summed E-state index contributed by atoms with van der Waals surface area (Å²) in [5, 5.41) is 0. The Hall–Kier alpha value is -0.120. The molecule has 1 fully saturated rings. The Morgan fingerprint density at radius 1 is 1.25 bits per heavy atom. The third kappa shape index (κ3) is 2.96. The number of nitrogens with zero attached hydrogens (tertiary/aromatic N) is 1. The lowest BCUT2D eigenvalue weighted by Crippen LogP contribution is -2.50. The number of likely N-dealkylation sites (N-methyl/N-ethyl adjacent to an activating group) is 1. The first-order valence-electron chi connectivity index (χ1n) is 6.13. The molecule has 3 heteroatoms. The van der Waals surface area contributed by atoms with E-state index < -0.39 is 0 Å². The molecular formula is C13H27NO2. The molecule has 0 bridgehead atoms. The Morgan fingerprint density at radius 2 is 1.81 bits per heavy atom. The first-order valence-corrected chi connectivity index (χ1v) is 6.13. The topological polar surface area (TPSA) is 21.7 Å². The fraction of sp³-hybridized carbons (Fsp3) is 1.00. The van der Waals surface area contributed by atoms with Crippen molar-refractivity contribution in [2.75, 3.05) is 33.9 Å². The van der Waals surface area contributed by atoms with Crippen molar-refractivity contribution in [3.63, 3.8) is 0 Å². The Bertz CT molecular complexity index is 220. The van der Waals surface area contributed by atoms with Gasteiger partial charge in [-0.3, -0.25) is 4.90 Å². The molecule has 1 rings (SSSR count). The lowest BCUT2D eigenvalue weighted by atomic mass is 9.75. The number of hydrogen-bond acceptors (Lipinski definition) is 3. The molecule has 0 amide bonds. The van der Waals surface area contributed by atoms with Gasteiger partial charge in [0.25, 0.3) is 0 Å². The van der Waals surface area contributed by atoms with Crippen LogP contribution in [0.5, 0.6) is 0 Å². The molecule has 96 valence electrons. The summed E-state index contributed by atoms with van der Waals surface area (Å²) < 4.78 is 10.9. The van der Waals surface area contributed by atoms with Crippen LogP contribution in [0.15, 0.2) is 0 Å². The highest BCUT2D eigenvalue weighted by atomic mass is 16.5. The molecule has 0 aromatic rings. The van der Waals surface area contributed by atoms with Gasteiger partial charge < -0.3 is 9.47 Å². The first kappa shape index (κ1) is 13.9. The van der Waals surface area contributed by atoms with Crippen molar-refractivity contribution in [1.82, 2.24) is 4.90 Å². The summed E-state index contributed by atoms with van der Waals surface area (Å²) >= 11 is 0. The van der Waals surface area contributed by atoms with Crippen LogP contribution in [0.4, 0.5) is 0 Å². The van der Waals surface area contributed by atoms with E-state index in [9.17, 15) is 0 Å². The van der Waals surface area contributed by atoms with Crippen LogP contribution >= 0.6 is 0 Å². The van der Waals surface area contributed by atoms with Crippen LogP contribution in [0.3, 0.4) is 0 Å². The average molecular weight is 229 g/mol. The average Bonchev–Trinajstić information content (AvgIpc) is 2.09. The van der Waals surface area contributed by atoms with E-state index in [1.807, 2.05) is 7.11 Å². The molecule has 1 aliphatic heterocycles. The van der Waals surface area contributed by atoms with Crippen molar-refractivity contribution in [2.24, 2.45) is 5.41 Å². The van der Waals surface area contributed by atoms with Gasteiger partial charge in [0.2, 0.25) is 0 Å². The number of rotatable bonds is 5. The van der Waals surface area contributed by atoms with E-state index >= 15 is 0 Å². The summed E-state index contributed by atoms with van der Waals surface area (Å²) in [4.78, 5) is 2.38. The molecule has 0 aromatic heterocycles. The molecular weight excluding hydrogens is 202 g/mol. The normalized spacial score (nSPS) is 21.9. The van der Waals surface area contributed by atoms with Crippen LogP contribution in [0.25, 0.3) is 0 Å². The van der Waals surface area contributed by atoms with Crippen molar-refractivity contribution < 1.29 is 9.47 Å². The summed E-state index contributed by atoms with van der Waals surface area (Å²) in [5.74, 6) is 0. The molecule has 3 nitrogen and oxygen atoms in total. The van der Waals surface area contributed by atoms with Gasteiger partial charge in [-0.2, -0.15) is 0 Å². The lowest BCUT2D eigenvalue weighted by molar-refractivity contribution is -0.0997. The zero-order chi connectivity index (χ0) is 12.4. The highest BCUT2D eigenvalue weighted by Gasteiger charge is 2.38. The van der Waals surface area contributed by atoms with Gasteiger partial charge in [-0.15, -0.1) is 0 Å². The number of methoxy groups -OCH3 is 1. The molecule has 0 aromatic carbocycles. The number of hydrogen-bond donors (Lipinski definition) is 0. The van der Waals surface area contributed by atoms with Crippen LogP contribution in [-0.2, 0) is 9.47 Å². The lowest BCUT2D eigenvalue weighted by Gasteiger charge is -2.43. The third-order valence-corrected chi connectivity index (χ3v) is 4.22. The second-order valence-electron chi connectivity index (χ2n) is 6.11. The van der Waals surface area contributed by atoms with Crippen molar-refractivity contribution in [2.45, 2.75) is 45.8 Å². The van der Waals surface area contributed by atoms with Crippen molar-refractivity contribution in [1.29, 1.82) is 0 Å². The second-order valence-corrected chi connectivity index (χ2v) is 6.11. The summed E-state index contributed by atoms with van der Waals surface area (Å²) in [7, 11) is 3.99. The zero-order valence-electron chi connectivity index (χ0n) is 11.7. The summed E-state index contributed by atoms with van der Waals surface area (Å²) in [5.41, 5.74) is 0.102. The largest absolute Gasteiger partial charge is 0.378 e. The minimum Gasteiger partial charge on any atom is -0.378 e. The van der Waals surface area contributed by atoms with Gasteiger partial charge >= 0.3 is 0 Å². The molecule has 1 saturated heterocycles. The Labute approximate surface area is 100 Å². The first-order chi connectivity index (χ1) is 7.30. The van der Waals surface area contributed by atoms with Crippen LogP contribution in [-0.4, -0.2) is 50.5 Å². The molecule has 1 unspecified atom stereocenters. The van der Waals surface area contributed by atoms with Crippen LogP contribution in [0.1, 0.15) is 34.1 Å². The summed E-state index contributed by atoms with van der Waals surface area (Å²) in [6, 6.07) is 0.612. The van der Waals surface area contributed by atoms with Gasteiger partial charge in [-0.05, 0) is 25.8 Å². The van der Waals surface area contributed by atoms with Gasteiger partial charge in [-0.25, -0.2) is 0 Å². The molecule has 0 radical (unpaired) electrons. The van der Waals surface area contributed by atoms with Gasteiger partial charge in [0.05, 0.1) is 24.9 Å².